The number of hydrogen-bond donors (Lipinski definition) is 1. The Hall–Kier alpha value is -3.64. The van der Waals surface area contributed by atoms with Crippen LogP contribution < -0.4 is 16.6 Å². The summed E-state index contributed by atoms with van der Waals surface area (Å²) in [6.07, 6.45) is 1.42. The van der Waals surface area contributed by atoms with Crippen LogP contribution in [0.25, 0.3) is 10.9 Å². The maximum absolute atomic E-state index is 13.3. The normalized spacial score (nSPS) is 11.0. The Bertz CT molecular complexity index is 1420. The molecule has 0 saturated heterocycles. The summed E-state index contributed by atoms with van der Waals surface area (Å²) >= 11 is 5.99. The molecule has 0 aliphatic heterocycles. The quantitative estimate of drug-likeness (QED) is 0.365. The van der Waals surface area contributed by atoms with Gasteiger partial charge in [0, 0.05) is 23.7 Å². The molecule has 4 rings (SSSR count). The van der Waals surface area contributed by atoms with Gasteiger partial charge < -0.3 is 5.32 Å². The molecule has 34 heavy (non-hydrogen) atoms. The molecular weight excluding hydrogens is 450 g/mol. The highest BCUT2D eigenvalue weighted by molar-refractivity contribution is 6.30. The second kappa shape index (κ2) is 10.5. The van der Waals surface area contributed by atoms with Crippen LogP contribution in [0.5, 0.6) is 0 Å². The van der Waals surface area contributed by atoms with Crippen molar-refractivity contribution in [3.05, 3.63) is 110 Å². The van der Waals surface area contributed by atoms with Gasteiger partial charge in [0.1, 0.15) is 0 Å². The van der Waals surface area contributed by atoms with Crippen molar-refractivity contribution >= 4 is 34.1 Å². The van der Waals surface area contributed by atoms with Crippen LogP contribution >= 0.6 is 11.6 Å². The van der Waals surface area contributed by atoms with E-state index in [1.807, 2.05) is 49.4 Å². The van der Waals surface area contributed by atoms with Crippen molar-refractivity contribution in [2.75, 3.05) is 5.32 Å². The molecule has 1 amide bonds. The van der Waals surface area contributed by atoms with Crippen molar-refractivity contribution < 1.29 is 4.79 Å². The van der Waals surface area contributed by atoms with E-state index in [2.05, 4.69) is 5.32 Å². The highest BCUT2D eigenvalue weighted by Gasteiger charge is 2.13. The van der Waals surface area contributed by atoms with Gasteiger partial charge in [-0.1, -0.05) is 53.6 Å². The molecular formula is C27H26ClN3O3. The molecule has 0 bridgehead atoms. The maximum Gasteiger partial charge on any atom is 0.331 e. The van der Waals surface area contributed by atoms with Crippen molar-refractivity contribution in [2.45, 2.75) is 39.3 Å². The molecule has 0 aliphatic rings. The van der Waals surface area contributed by atoms with Gasteiger partial charge in [-0.2, -0.15) is 0 Å². The van der Waals surface area contributed by atoms with Gasteiger partial charge in [0.25, 0.3) is 5.56 Å². The lowest BCUT2D eigenvalue weighted by Crippen LogP contribution is -2.40. The average Bonchev–Trinajstić information content (AvgIpc) is 2.84. The zero-order chi connectivity index (χ0) is 24.1. The first-order valence-corrected chi connectivity index (χ1v) is 11.6. The van der Waals surface area contributed by atoms with Gasteiger partial charge in [0.15, 0.2) is 0 Å². The zero-order valence-corrected chi connectivity index (χ0v) is 19.7. The van der Waals surface area contributed by atoms with E-state index in [1.165, 1.54) is 4.57 Å². The van der Waals surface area contributed by atoms with Crippen molar-refractivity contribution in [1.29, 1.82) is 0 Å². The smallest absolute Gasteiger partial charge is 0.326 e. The molecule has 0 atom stereocenters. The number of hydrogen-bond acceptors (Lipinski definition) is 3. The largest absolute Gasteiger partial charge is 0.331 e. The van der Waals surface area contributed by atoms with E-state index in [1.54, 1.807) is 34.9 Å². The summed E-state index contributed by atoms with van der Waals surface area (Å²) in [6, 6.07) is 22.0. The van der Waals surface area contributed by atoms with Crippen LogP contribution in [0.3, 0.4) is 0 Å². The number of fused-ring (bicyclic) bond motifs is 1. The number of benzene rings is 3. The predicted molar refractivity (Wildman–Crippen MR) is 137 cm³/mol. The molecule has 0 aliphatic carbocycles. The summed E-state index contributed by atoms with van der Waals surface area (Å²) in [5.41, 5.74) is 2.72. The number of unbranched alkanes of at least 4 members (excludes halogenated alkanes) is 1. The molecule has 0 saturated carbocycles. The minimum absolute atomic E-state index is 0.0881. The first-order chi connectivity index (χ1) is 16.4. The molecule has 6 nitrogen and oxygen atoms in total. The van der Waals surface area contributed by atoms with E-state index in [4.69, 9.17) is 11.6 Å². The molecule has 1 aromatic heterocycles. The van der Waals surface area contributed by atoms with E-state index in [0.717, 1.165) is 16.8 Å². The first kappa shape index (κ1) is 23.5. The number of rotatable bonds is 8. The van der Waals surface area contributed by atoms with E-state index in [0.29, 0.717) is 41.7 Å². The summed E-state index contributed by atoms with van der Waals surface area (Å²) in [4.78, 5) is 38.6. The van der Waals surface area contributed by atoms with E-state index in [9.17, 15) is 14.4 Å². The number of carbonyl (C=O) groups is 1. The molecule has 0 fully saturated rings. The standard InChI is InChI=1S/C27H26ClN3O3/c1-19-9-15-22(16-10-19)29-25(32)8-4-5-17-30-26(33)23-6-2-3-7-24(23)31(27(30)34)18-20-11-13-21(28)14-12-20/h2-3,6-7,9-16H,4-5,8,17-18H2,1H3,(H,29,32). The molecule has 0 unspecified atom stereocenters. The second-order valence-electron chi connectivity index (χ2n) is 8.34. The number of para-hydroxylation sites is 1. The van der Waals surface area contributed by atoms with Crippen LogP contribution in [0.4, 0.5) is 5.69 Å². The lowest BCUT2D eigenvalue weighted by atomic mass is 10.2. The van der Waals surface area contributed by atoms with Crippen molar-refractivity contribution in [3.63, 3.8) is 0 Å². The number of aryl methyl sites for hydroxylation is 1. The monoisotopic (exact) mass is 475 g/mol. The molecule has 0 radical (unpaired) electrons. The van der Waals surface area contributed by atoms with E-state index in [-0.39, 0.29) is 23.7 Å². The van der Waals surface area contributed by atoms with Gasteiger partial charge in [-0.15, -0.1) is 0 Å². The van der Waals surface area contributed by atoms with Crippen molar-refractivity contribution in [1.82, 2.24) is 9.13 Å². The molecule has 1 N–H and O–H groups in total. The number of nitrogens with zero attached hydrogens (tertiary/aromatic N) is 2. The average molecular weight is 476 g/mol. The molecule has 174 valence electrons. The Morgan fingerprint density at radius 2 is 1.59 bits per heavy atom. The van der Waals surface area contributed by atoms with Crippen LogP contribution in [-0.2, 0) is 17.9 Å². The Balaban J connectivity index is 1.49. The van der Waals surface area contributed by atoms with Crippen LogP contribution in [0.2, 0.25) is 5.02 Å². The highest BCUT2D eigenvalue weighted by Crippen LogP contribution is 2.14. The minimum atomic E-state index is -0.359. The molecule has 4 aromatic rings. The van der Waals surface area contributed by atoms with Crippen molar-refractivity contribution in [3.8, 4) is 0 Å². The van der Waals surface area contributed by atoms with E-state index < -0.39 is 0 Å². The Morgan fingerprint density at radius 3 is 2.32 bits per heavy atom. The fourth-order valence-electron chi connectivity index (χ4n) is 3.91. The van der Waals surface area contributed by atoms with Gasteiger partial charge in [0.2, 0.25) is 5.91 Å². The van der Waals surface area contributed by atoms with Crippen LogP contribution in [0.1, 0.15) is 30.4 Å². The third-order valence-corrected chi connectivity index (χ3v) is 6.01. The highest BCUT2D eigenvalue weighted by atomic mass is 35.5. The number of amides is 1. The number of aromatic nitrogens is 2. The molecule has 3 aromatic carbocycles. The molecule has 7 heteroatoms. The summed E-state index contributed by atoms with van der Waals surface area (Å²) in [5.74, 6) is -0.0881. The topological polar surface area (TPSA) is 73.1 Å². The van der Waals surface area contributed by atoms with Gasteiger partial charge in [0.05, 0.1) is 17.4 Å². The number of nitrogens with one attached hydrogen (secondary N) is 1. The number of anilines is 1. The lowest BCUT2D eigenvalue weighted by molar-refractivity contribution is -0.116. The Morgan fingerprint density at radius 1 is 0.882 bits per heavy atom. The van der Waals surface area contributed by atoms with Gasteiger partial charge in [-0.05, 0) is 61.7 Å². The number of halogens is 1. The number of carbonyl (C=O) groups excluding carboxylic acids is 1. The predicted octanol–water partition coefficient (Wildman–Crippen LogP) is 4.98. The first-order valence-electron chi connectivity index (χ1n) is 11.3. The summed E-state index contributed by atoms with van der Waals surface area (Å²) in [6.45, 7) is 2.57. The minimum Gasteiger partial charge on any atom is -0.326 e. The van der Waals surface area contributed by atoms with Gasteiger partial charge in [-0.25, -0.2) is 4.79 Å². The summed E-state index contributed by atoms with van der Waals surface area (Å²) < 4.78 is 2.89. The Labute approximate surface area is 202 Å². The SMILES string of the molecule is Cc1ccc(NC(=O)CCCCn2c(=O)c3ccccc3n(Cc3ccc(Cl)cc3)c2=O)cc1. The Kier molecular flexibility index (Phi) is 7.28. The third kappa shape index (κ3) is 5.46. The lowest BCUT2D eigenvalue weighted by Gasteiger charge is -2.14. The van der Waals surface area contributed by atoms with Gasteiger partial charge in [-0.3, -0.25) is 18.7 Å². The summed E-state index contributed by atoms with van der Waals surface area (Å²) in [7, 11) is 0. The molecule has 0 spiro atoms. The summed E-state index contributed by atoms with van der Waals surface area (Å²) in [5, 5.41) is 3.99. The van der Waals surface area contributed by atoms with E-state index >= 15 is 0 Å². The van der Waals surface area contributed by atoms with Gasteiger partial charge >= 0.3 is 5.69 Å². The fraction of sp³-hybridized carbons (Fsp3) is 0.222. The van der Waals surface area contributed by atoms with Crippen LogP contribution in [0.15, 0.2) is 82.4 Å². The fourth-order valence-corrected chi connectivity index (χ4v) is 4.04. The van der Waals surface area contributed by atoms with Crippen LogP contribution in [-0.4, -0.2) is 15.0 Å². The second-order valence-corrected chi connectivity index (χ2v) is 8.78. The zero-order valence-electron chi connectivity index (χ0n) is 19.0. The molecule has 1 heterocycles. The van der Waals surface area contributed by atoms with Crippen molar-refractivity contribution in [2.24, 2.45) is 0 Å². The maximum atomic E-state index is 13.3. The van der Waals surface area contributed by atoms with Crippen LogP contribution in [0, 0.1) is 6.92 Å². The third-order valence-electron chi connectivity index (χ3n) is 5.76.